The van der Waals surface area contributed by atoms with Crippen molar-refractivity contribution in [2.75, 3.05) is 0 Å². The fourth-order valence-electron chi connectivity index (χ4n) is 0.537. The van der Waals surface area contributed by atoms with Crippen molar-refractivity contribution in [2.24, 2.45) is 0 Å². The van der Waals surface area contributed by atoms with E-state index in [1.807, 2.05) is 0 Å². The van der Waals surface area contributed by atoms with Crippen molar-refractivity contribution in [1.82, 2.24) is 0 Å². The Kier molecular flexibility index (Phi) is 5.21. The van der Waals surface area contributed by atoms with Gasteiger partial charge in [-0.25, -0.2) is 4.21 Å². The molecule has 10 heavy (non-hydrogen) atoms. The van der Waals surface area contributed by atoms with Crippen LogP contribution in [0.2, 0.25) is 0 Å². The summed E-state index contributed by atoms with van der Waals surface area (Å²) in [6.45, 7) is 0. The number of hydrogen-bond acceptors (Lipinski definition) is 1. The molecule has 0 aliphatic heterocycles. The molecular weight excluding hydrogens is 159 g/mol. The summed E-state index contributed by atoms with van der Waals surface area (Å²) in [6.07, 6.45) is 0. The van der Waals surface area contributed by atoms with E-state index in [1.165, 1.54) is 0 Å². The summed E-state index contributed by atoms with van der Waals surface area (Å²) in [7, 11) is 0. The van der Waals surface area contributed by atoms with Crippen molar-refractivity contribution < 1.29 is 11.6 Å². The van der Waals surface area contributed by atoms with E-state index < -0.39 is 11.1 Å². The topological polar surface area (TPSA) is 37.3 Å². The molecule has 0 spiro atoms. The van der Waals surface area contributed by atoms with Crippen LogP contribution < -0.4 is 0 Å². The number of benzene rings is 1. The zero-order chi connectivity index (χ0) is 6.69. The van der Waals surface area contributed by atoms with Gasteiger partial charge >= 0.3 is 29.6 Å². The molecule has 0 aromatic heterocycles. The molecule has 2 nitrogen and oxygen atoms in total. The Labute approximate surface area is 87.2 Å². The van der Waals surface area contributed by atoms with Crippen LogP contribution in [0.3, 0.4) is 0 Å². The monoisotopic (exact) mass is 170 g/mol. The van der Waals surface area contributed by atoms with E-state index in [9.17, 15) is 4.21 Å². The third-order valence-electron chi connectivity index (χ3n) is 0.945. The molecule has 1 aromatic rings. The van der Waals surface area contributed by atoms with Crippen LogP contribution in [0.1, 0.15) is 2.85 Å². The Balaban J connectivity index is -0.000000270. The molecule has 54 valence electrons. The first-order valence-corrected chi connectivity index (χ1v) is 3.57. The summed E-state index contributed by atoms with van der Waals surface area (Å²) in [5.41, 5.74) is 0. The van der Waals surface area contributed by atoms with E-state index in [1.54, 1.807) is 30.3 Å². The molecule has 1 aromatic carbocycles. The molecule has 0 aliphatic rings. The van der Waals surface area contributed by atoms with E-state index in [4.69, 9.17) is 4.55 Å². The van der Waals surface area contributed by atoms with E-state index >= 15 is 0 Å². The molecule has 4 heteroatoms. The van der Waals surface area contributed by atoms with Gasteiger partial charge in [0.25, 0.3) is 0 Å². The van der Waals surface area contributed by atoms with Crippen molar-refractivity contribution in [3.05, 3.63) is 30.3 Å². The first-order chi connectivity index (χ1) is 4.30. The minimum atomic E-state index is -1.83. The van der Waals surface area contributed by atoms with Crippen LogP contribution in [0.4, 0.5) is 0 Å². The summed E-state index contributed by atoms with van der Waals surface area (Å²) in [6, 6.07) is 8.47. The van der Waals surface area contributed by atoms with Crippen LogP contribution in [0.15, 0.2) is 35.2 Å². The zero-order valence-electron chi connectivity index (χ0n) is 4.65. The van der Waals surface area contributed by atoms with Gasteiger partial charge in [0.1, 0.15) is 0 Å². The number of rotatable bonds is 1. The average molecular weight is 170 g/mol. The molecular formula is C6H11NaO2S. The van der Waals surface area contributed by atoms with Gasteiger partial charge in [-0.05, 0) is 12.1 Å². The summed E-state index contributed by atoms with van der Waals surface area (Å²) in [5, 5.41) is 0. The molecule has 1 rings (SSSR count). The van der Waals surface area contributed by atoms with Crippen molar-refractivity contribution in [3.63, 3.8) is 0 Å². The minimum absolute atomic E-state index is 0. The maximum absolute atomic E-state index is 10.3. The van der Waals surface area contributed by atoms with Gasteiger partial charge in [0.15, 0.2) is 11.1 Å². The summed E-state index contributed by atoms with van der Waals surface area (Å²) in [4.78, 5) is 0.442. The third kappa shape index (κ3) is 2.94. The summed E-state index contributed by atoms with van der Waals surface area (Å²) < 4.78 is 18.8. The Bertz CT molecular complexity index is 220. The molecule has 1 unspecified atom stereocenters. The van der Waals surface area contributed by atoms with E-state index in [0.29, 0.717) is 4.90 Å². The quantitative estimate of drug-likeness (QED) is 0.506. The molecule has 0 radical (unpaired) electrons. The fourth-order valence-corrected chi connectivity index (χ4v) is 0.927. The van der Waals surface area contributed by atoms with E-state index in [0.717, 1.165) is 0 Å². The average Bonchev–Trinajstić information content (AvgIpc) is 1.90. The normalized spacial score (nSPS) is 11.7. The molecule has 0 saturated carbocycles. The summed E-state index contributed by atoms with van der Waals surface area (Å²) in [5.74, 6) is 0. The second-order valence-electron chi connectivity index (χ2n) is 1.56. The second-order valence-corrected chi connectivity index (χ2v) is 2.53. The van der Waals surface area contributed by atoms with Gasteiger partial charge in [-0.1, -0.05) is 18.2 Å². The fraction of sp³-hybridized carbons (Fsp3) is 0. The molecule has 1 atom stereocenters. The Morgan fingerprint density at radius 1 is 1.30 bits per heavy atom. The van der Waals surface area contributed by atoms with Gasteiger partial charge < -0.3 is 4.55 Å². The Morgan fingerprint density at radius 3 is 2.10 bits per heavy atom. The van der Waals surface area contributed by atoms with Crippen LogP contribution in [-0.4, -0.2) is 38.3 Å². The van der Waals surface area contributed by atoms with Crippen LogP contribution >= 0.6 is 0 Å². The zero-order valence-corrected chi connectivity index (χ0v) is 5.47. The first kappa shape index (κ1) is 10.3. The maximum atomic E-state index is 10.3. The summed E-state index contributed by atoms with van der Waals surface area (Å²) >= 11 is -1.83. The molecule has 0 aliphatic carbocycles. The van der Waals surface area contributed by atoms with Gasteiger partial charge in [-0.15, -0.1) is 0 Å². The van der Waals surface area contributed by atoms with Crippen molar-refractivity contribution >= 4 is 40.6 Å². The predicted octanol–water partition coefficient (Wildman–Crippen LogP) is 1.11. The van der Waals surface area contributed by atoms with Gasteiger partial charge in [0, 0.05) is 2.85 Å². The van der Waals surface area contributed by atoms with Gasteiger partial charge in [-0.3, -0.25) is 0 Å². The van der Waals surface area contributed by atoms with E-state index in [-0.39, 0.29) is 32.4 Å². The first-order valence-electron chi connectivity index (χ1n) is 2.46. The van der Waals surface area contributed by atoms with Gasteiger partial charge in [0.2, 0.25) is 0 Å². The van der Waals surface area contributed by atoms with Crippen LogP contribution in [0.25, 0.3) is 0 Å². The van der Waals surface area contributed by atoms with Crippen molar-refractivity contribution in [2.45, 2.75) is 4.90 Å². The SMILES string of the molecule is O=S(O)c1ccccc1.[HH].[HH].[NaH]. The second kappa shape index (κ2) is 5.04. The van der Waals surface area contributed by atoms with Gasteiger partial charge in [0.05, 0.1) is 4.90 Å². The Morgan fingerprint density at radius 2 is 1.80 bits per heavy atom. The Hall–Kier alpha value is 0.330. The van der Waals surface area contributed by atoms with E-state index in [2.05, 4.69) is 0 Å². The van der Waals surface area contributed by atoms with Crippen molar-refractivity contribution in [3.8, 4) is 0 Å². The molecule has 0 heterocycles. The van der Waals surface area contributed by atoms with Gasteiger partial charge in [-0.2, -0.15) is 0 Å². The van der Waals surface area contributed by atoms with Crippen LogP contribution in [-0.2, 0) is 11.1 Å². The standard InChI is InChI=1S/C6H6O2S.Na.2H2.H/c7-9(8)6-4-2-1-3-5-6;;;;/h1-5H,(H,7,8);;2*1H;. The molecule has 0 fully saturated rings. The third-order valence-corrected chi connectivity index (χ3v) is 1.62. The van der Waals surface area contributed by atoms with Crippen molar-refractivity contribution in [1.29, 1.82) is 0 Å². The van der Waals surface area contributed by atoms with Crippen LogP contribution in [0.5, 0.6) is 0 Å². The van der Waals surface area contributed by atoms with Crippen LogP contribution in [0, 0.1) is 0 Å². The molecule has 1 N–H and O–H groups in total. The number of hydrogen-bond donors (Lipinski definition) is 1. The molecule has 0 bridgehead atoms. The molecule has 0 saturated heterocycles. The molecule has 0 amide bonds. The predicted molar refractivity (Wildman–Crippen MR) is 46.9 cm³/mol.